The third-order valence-corrected chi connectivity index (χ3v) is 3.71. The minimum absolute atomic E-state index is 0.0437. The number of esters is 1. The molecule has 26 heavy (non-hydrogen) atoms. The fourth-order valence-electron chi connectivity index (χ4n) is 2.52. The van der Waals surface area contributed by atoms with E-state index in [1.165, 1.54) is 12.5 Å². The van der Waals surface area contributed by atoms with Crippen LogP contribution in [0.1, 0.15) is 17.4 Å². The van der Waals surface area contributed by atoms with E-state index in [1.807, 2.05) is 0 Å². The highest BCUT2D eigenvalue weighted by Gasteiger charge is 2.38. The molecule has 1 fully saturated rings. The van der Waals surface area contributed by atoms with Gasteiger partial charge in [0.05, 0.1) is 32.7 Å². The zero-order valence-corrected chi connectivity index (χ0v) is 14.3. The first-order valence-electron chi connectivity index (χ1n) is 8.15. The normalized spacial score (nSPS) is 18.5. The lowest BCUT2D eigenvalue weighted by atomic mass is 10.2. The van der Waals surface area contributed by atoms with Gasteiger partial charge in [0.2, 0.25) is 5.91 Å². The highest BCUT2D eigenvalue weighted by molar-refractivity contribution is 5.86. The molecule has 1 aliphatic rings. The van der Waals surface area contributed by atoms with Crippen LogP contribution in [-0.4, -0.2) is 78.0 Å². The van der Waals surface area contributed by atoms with Crippen LogP contribution in [0.15, 0.2) is 12.5 Å². The molecule has 2 rings (SSSR count). The number of carbonyl (C=O) groups excluding carboxylic acids is 2. The van der Waals surface area contributed by atoms with Gasteiger partial charge in [0, 0.05) is 25.8 Å². The van der Waals surface area contributed by atoms with Crippen molar-refractivity contribution in [3.63, 3.8) is 0 Å². The SMILES string of the molecule is CCOC(=O)c1cn(CCNC(=O)C2COCCN2CC(F)(F)F)cn1. The van der Waals surface area contributed by atoms with Crippen molar-refractivity contribution in [2.75, 3.05) is 39.5 Å². The average molecular weight is 378 g/mol. The summed E-state index contributed by atoms with van der Waals surface area (Å²) in [4.78, 5) is 28.7. The molecule has 0 aromatic carbocycles. The van der Waals surface area contributed by atoms with Crippen molar-refractivity contribution in [3.05, 3.63) is 18.2 Å². The number of morpholine rings is 1. The molecule has 1 unspecified atom stereocenters. The molecule has 8 nitrogen and oxygen atoms in total. The van der Waals surface area contributed by atoms with Crippen LogP contribution in [0.3, 0.4) is 0 Å². The predicted molar refractivity (Wildman–Crippen MR) is 83.4 cm³/mol. The molecule has 0 saturated carbocycles. The summed E-state index contributed by atoms with van der Waals surface area (Å²) in [5.74, 6) is -1.07. The third-order valence-electron chi connectivity index (χ3n) is 3.71. The minimum Gasteiger partial charge on any atom is -0.461 e. The number of carbonyl (C=O) groups is 2. The van der Waals surface area contributed by atoms with Crippen molar-refractivity contribution in [2.45, 2.75) is 25.7 Å². The third kappa shape index (κ3) is 5.99. The molecule has 11 heteroatoms. The Kier molecular flexibility index (Phi) is 6.98. The van der Waals surface area contributed by atoms with Gasteiger partial charge in [-0.2, -0.15) is 13.2 Å². The summed E-state index contributed by atoms with van der Waals surface area (Å²) in [6.07, 6.45) is -1.49. The largest absolute Gasteiger partial charge is 0.461 e. The van der Waals surface area contributed by atoms with Gasteiger partial charge in [0.25, 0.3) is 0 Å². The molecular weight excluding hydrogens is 357 g/mol. The van der Waals surface area contributed by atoms with Crippen molar-refractivity contribution in [1.29, 1.82) is 0 Å². The topological polar surface area (TPSA) is 85.7 Å². The van der Waals surface area contributed by atoms with Crippen molar-refractivity contribution < 1.29 is 32.2 Å². The second kappa shape index (κ2) is 8.99. The van der Waals surface area contributed by atoms with Gasteiger partial charge >= 0.3 is 12.1 Å². The van der Waals surface area contributed by atoms with Gasteiger partial charge in [0.15, 0.2) is 5.69 Å². The van der Waals surface area contributed by atoms with Crippen LogP contribution < -0.4 is 5.32 Å². The Bertz CT molecular complexity index is 620. The summed E-state index contributed by atoms with van der Waals surface area (Å²) >= 11 is 0. The van der Waals surface area contributed by atoms with E-state index in [-0.39, 0.29) is 38.6 Å². The smallest absolute Gasteiger partial charge is 0.401 e. The molecule has 1 aliphatic heterocycles. The molecule has 1 N–H and O–H groups in total. The highest BCUT2D eigenvalue weighted by atomic mass is 19.4. The van der Waals surface area contributed by atoms with E-state index in [4.69, 9.17) is 9.47 Å². The number of alkyl halides is 3. The highest BCUT2D eigenvalue weighted by Crippen LogP contribution is 2.19. The van der Waals surface area contributed by atoms with Gasteiger partial charge in [-0.1, -0.05) is 0 Å². The van der Waals surface area contributed by atoms with Crippen LogP contribution in [0.5, 0.6) is 0 Å². The molecule has 0 radical (unpaired) electrons. The van der Waals surface area contributed by atoms with Crippen LogP contribution in [-0.2, 0) is 20.8 Å². The molecule has 2 heterocycles. The zero-order valence-electron chi connectivity index (χ0n) is 14.3. The van der Waals surface area contributed by atoms with Crippen LogP contribution in [0.4, 0.5) is 13.2 Å². The summed E-state index contributed by atoms with van der Waals surface area (Å²) in [6, 6.07) is -0.983. The van der Waals surface area contributed by atoms with Gasteiger partial charge in [-0.05, 0) is 6.92 Å². The van der Waals surface area contributed by atoms with Gasteiger partial charge in [-0.25, -0.2) is 9.78 Å². The summed E-state index contributed by atoms with van der Waals surface area (Å²) < 4.78 is 49.4. The molecule has 1 aromatic rings. The average Bonchev–Trinajstić information content (AvgIpc) is 3.03. The van der Waals surface area contributed by atoms with E-state index in [9.17, 15) is 22.8 Å². The van der Waals surface area contributed by atoms with E-state index < -0.39 is 30.6 Å². The van der Waals surface area contributed by atoms with Crippen molar-refractivity contribution in [3.8, 4) is 0 Å². The van der Waals surface area contributed by atoms with Gasteiger partial charge in [-0.3, -0.25) is 9.69 Å². The second-order valence-electron chi connectivity index (χ2n) is 5.68. The standard InChI is InChI=1S/C15H21F3N4O4/c1-2-26-14(24)11-7-21(10-20-11)4-3-19-13(23)12-8-25-6-5-22(12)9-15(16,17)18/h7,10,12H,2-6,8-9H2,1H3,(H,19,23). The molecule has 1 atom stereocenters. The van der Waals surface area contributed by atoms with Crippen molar-refractivity contribution in [1.82, 2.24) is 19.8 Å². The first-order valence-corrected chi connectivity index (χ1v) is 8.15. The molecule has 1 aromatic heterocycles. The lowest BCUT2D eigenvalue weighted by molar-refractivity contribution is -0.166. The van der Waals surface area contributed by atoms with Gasteiger partial charge < -0.3 is 19.4 Å². The Hall–Kier alpha value is -2.14. The first-order chi connectivity index (χ1) is 12.3. The number of rotatable bonds is 7. The second-order valence-corrected chi connectivity index (χ2v) is 5.68. The predicted octanol–water partition coefficient (Wildman–Crippen LogP) is 0.439. The molecule has 0 aliphatic carbocycles. The molecule has 146 valence electrons. The summed E-state index contributed by atoms with van der Waals surface area (Å²) in [7, 11) is 0. The quantitative estimate of drug-likeness (QED) is 0.693. The van der Waals surface area contributed by atoms with Crippen molar-refractivity contribution >= 4 is 11.9 Å². The fraction of sp³-hybridized carbons (Fsp3) is 0.667. The number of ether oxygens (including phenoxy) is 2. The number of imidazole rings is 1. The van der Waals surface area contributed by atoms with E-state index in [2.05, 4.69) is 10.3 Å². The molecule has 1 amide bonds. The monoisotopic (exact) mass is 378 g/mol. The van der Waals surface area contributed by atoms with Crippen LogP contribution in [0, 0.1) is 0 Å². The number of halogens is 3. The van der Waals surface area contributed by atoms with E-state index in [1.54, 1.807) is 11.5 Å². The van der Waals surface area contributed by atoms with Crippen LogP contribution in [0.25, 0.3) is 0 Å². The lowest BCUT2D eigenvalue weighted by Gasteiger charge is -2.34. The number of aromatic nitrogens is 2. The number of nitrogens with one attached hydrogen (secondary N) is 1. The number of hydrogen-bond acceptors (Lipinski definition) is 6. The lowest BCUT2D eigenvalue weighted by Crippen LogP contribution is -2.56. The Morgan fingerprint density at radius 1 is 1.46 bits per heavy atom. The van der Waals surface area contributed by atoms with Crippen molar-refractivity contribution in [2.24, 2.45) is 0 Å². The van der Waals surface area contributed by atoms with Gasteiger partial charge in [-0.15, -0.1) is 0 Å². The first kappa shape index (κ1) is 20.2. The fourth-order valence-corrected chi connectivity index (χ4v) is 2.52. The summed E-state index contributed by atoms with van der Waals surface area (Å²) in [6.45, 7) is 1.37. The van der Waals surface area contributed by atoms with Crippen LogP contribution >= 0.6 is 0 Å². The zero-order chi connectivity index (χ0) is 19.2. The Labute approximate surface area is 148 Å². The maximum Gasteiger partial charge on any atom is 0.401 e. The maximum atomic E-state index is 12.6. The van der Waals surface area contributed by atoms with E-state index in [0.717, 1.165) is 4.90 Å². The molecule has 0 spiro atoms. The Balaban J connectivity index is 1.82. The molecule has 1 saturated heterocycles. The molecule has 0 bridgehead atoms. The Morgan fingerprint density at radius 3 is 2.92 bits per heavy atom. The van der Waals surface area contributed by atoms with E-state index >= 15 is 0 Å². The molecular formula is C15H21F3N4O4. The minimum atomic E-state index is -4.38. The Morgan fingerprint density at radius 2 is 2.23 bits per heavy atom. The van der Waals surface area contributed by atoms with E-state index in [0.29, 0.717) is 6.54 Å². The summed E-state index contributed by atoms with van der Waals surface area (Å²) in [5.41, 5.74) is 0.148. The maximum absolute atomic E-state index is 12.6. The van der Waals surface area contributed by atoms with Crippen LogP contribution in [0.2, 0.25) is 0 Å². The number of nitrogens with zero attached hydrogens (tertiary/aromatic N) is 3. The number of amides is 1. The summed E-state index contributed by atoms with van der Waals surface area (Å²) in [5, 5.41) is 2.59. The van der Waals surface area contributed by atoms with Gasteiger partial charge in [0.1, 0.15) is 6.04 Å². The number of hydrogen-bond donors (Lipinski definition) is 1.